The molecule has 0 saturated carbocycles. The highest BCUT2D eigenvalue weighted by atomic mass is 19.4. The summed E-state index contributed by atoms with van der Waals surface area (Å²) in [6, 6.07) is 7.42. The number of hydroxylamine groups is 2. The van der Waals surface area contributed by atoms with Gasteiger partial charge in [-0.2, -0.15) is 13.2 Å². The summed E-state index contributed by atoms with van der Waals surface area (Å²) in [4.78, 5) is 35.5. The molecule has 0 spiro atoms. The molecule has 0 aliphatic heterocycles. The minimum absolute atomic E-state index is 0.0487. The molecule has 3 N–H and O–H groups in total. The van der Waals surface area contributed by atoms with Crippen molar-refractivity contribution >= 4 is 18.0 Å². The number of alkyl halides is 3. The van der Waals surface area contributed by atoms with Gasteiger partial charge in [-0.25, -0.2) is 5.06 Å². The van der Waals surface area contributed by atoms with E-state index in [2.05, 4.69) is 10.9 Å². The van der Waals surface area contributed by atoms with Crippen LogP contribution in [0, 0.1) is 5.92 Å². The monoisotopic (exact) mass is 468 g/mol. The zero-order chi connectivity index (χ0) is 24.4. The Morgan fingerprint density at radius 3 is 2.64 bits per heavy atom. The van der Waals surface area contributed by atoms with Crippen LogP contribution in [0.15, 0.2) is 47.4 Å². The van der Waals surface area contributed by atoms with Crippen LogP contribution in [0.3, 0.4) is 0 Å². The van der Waals surface area contributed by atoms with Crippen LogP contribution in [0.1, 0.15) is 43.7 Å². The van der Waals surface area contributed by atoms with Gasteiger partial charge >= 0.3 is 6.18 Å². The molecule has 1 heterocycles. The minimum atomic E-state index is -4.47. The summed E-state index contributed by atoms with van der Waals surface area (Å²) in [6.07, 6.45) is 0.195. The Balaban J connectivity index is 2.02. The molecule has 0 saturated heterocycles. The van der Waals surface area contributed by atoms with E-state index in [0.717, 1.165) is 31.4 Å². The van der Waals surface area contributed by atoms with Gasteiger partial charge in [0.25, 0.3) is 5.56 Å². The number of nitrogens with zero attached hydrogens (tertiary/aromatic N) is 2. The molecule has 8 nitrogen and oxygen atoms in total. The lowest BCUT2D eigenvalue weighted by atomic mass is 10.0. The van der Waals surface area contributed by atoms with Crippen molar-refractivity contribution in [2.45, 2.75) is 45.3 Å². The van der Waals surface area contributed by atoms with E-state index in [1.54, 1.807) is 0 Å². The van der Waals surface area contributed by atoms with Crippen LogP contribution in [0.4, 0.5) is 18.9 Å². The molecule has 0 aliphatic rings. The fraction of sp³-hybridized carbons (Fsp3) is 0.409. The number of pyridine rings is 1. The van der Waals surface area contributed by atoms with Crippen molar-refractivity contribution in [2.24, 2.45) is 5.92 Å². The van der Waals surface area contributed by atoms with Crippen molar-refractivity contribution in [2.75, 3.05) is 12.0 Å². The van der Waals surface area contributed by atoms with Gasteiger partial charge in [0.15, 0.2) is 0 Å². The second kappa shape index (κ2) is 12.0. The van der Waals surface area contributed by atoms with E-state index in [9.17, 15) is 32.8 Å². The summed E-state index contributed by atoms with van der Waals surface area (Å²) < 4.78 is 39.9. The smallest absolute Gasteiger partial charge is 0.311 e. The van der Waals surface area contributed by atoms with E-state index in [1.165, 1.54) is 35.0 Å². The average Bonchev–Trinajstić information content (AvgIpc) is 2.78. The van der Waals surface area contributed by atoms with Crippen LogP contribution >= 0.6 is 0 Å². The third-order valence-corrected chi connectivity index (χ3v) is 4.99. The normalized spacial score (nSPS) is 12.2. The lowest BCUT2D eigenvalue weighted by Crippen LogP contribution is -2.40. The fourth-order valence-electron chi connectivity index (χ4n) is 3.21. The maximum Gasteiger partial charge on any atom is 0.416 e. The van der Waals surface area contributed by atoms with Crippen LogP contribution in [0.25, 0.3) is 0 Å². The van der Waals surface area contributed by atoms with E-state index < -0.39 is 29.1 Å². The molecule has 0 radical (unpaired) electrons. The van der Waals surface area contributed by atoms with E-state index in [-0.39, 0.29) is 25.2 Å². The summed E-state index contributed by atoms with van der Waals surface area (Å²) in [7, 11) is 0. The summed E-state index contributed by atoms with van der Waals surface area (Å²) in [5.74, 6) is -1.11. The van der Waals surface area contributed by atoms with Gasteiger partial charge in [0, 0.05) is 12.3 Å². The first-order chi connectivity index (χ1) is 15.6. The number of aromatic nitrogens is 1. The van der Waals surface area contributed by atoms with E-state index >= 15 is 0 Å². The molecule has 0 bridgehead atoms. The molecule has 2 aromatic rings. The average molecular weight is 468 g/mol. The van der Waals surface area contributed by atoms with E-state index in [0.29, 0.717) is 17.0 Å². The first kappa shape index (κ1) is 25.9. The minimum Gasteiger partial charge on any atom is -0.311 e. The molecule has 1 aromatic carbocycles. The summed E-state index contributed by atoms with van der Waals surface area (Å²) in [5.41, 5.74) is 4.40. The van der Waals surface area contributed by atoms with Gasteiger partial charge in [-0.1, -0.05) is 38.3 Å². The van der Waals surface area contributed by atoms with Crippen molar-refractivity contribution in [3.63, 3.8) is 0 Å². The molecule has 2 amide bonds. The quantitative estimate of drug-likeness (QED) is 0.192. The van der Waals surface area contributed by atoms with E-state index in [1.807, 2.05) is 6.92 Å². The largest absolute Gasteiger partial charge is 0.416 e. The molecular formula is C22H27F3N4O4. The molecule has 180 valence electrons. The van der Waals surface area contributed by atoms with Crippen LogP contribution in [-0.4, -0.2) is 33.7 Å². The second-order valence-corrected chi connectivity index (χ2v) is 7.61. The number of hydrazine groups is 1. The molecule has 0 fully saturated rings. The lowest BCUT2D eigenvalue weighted by Gasteiger charge is -2.20. The second-order valence-electron chi connectivity index (χ2n) is 7.61. The first-order valence-electron chi connectivity index (χ1n) is 10.5. The highest BCUT2D eigenvalue weighted by Gasteiger charge is 2.30. The number of hydrogen-bond donors (Lipinski definition) is 3. The number of unbranched alkanes of at least 4 members (excludes halogenated alkanes) is 2. The van der Waals surface area contributed by atoms with Crippen molar-refractivity contribution in [1.82, 2.24) is 15.1 Å². The van der Waals surface area contributed by atoms with Crippen molar-refractivity contribution in [1.29, 1.82) is 0 Å². The van der Waals surface area contributed by atoms with Gasteiger partial charge in [-0.15, -0.1) is 0 Å². The number of carbonyl (C=O) groups is 2. The Kier molecular flexibility index (Phi) is 9.46. The Morgan fingerprint density at radius 2 is 2.00 bits per heavy atom. The van der Waals surface area contributed by atoms with Gasteiger partial charge in [0.1, 0.15) is 0 Å². The number of benzene rings is 1. The molecule has 33 heavy (non-hydrogen) atoms. The SMILES string of the molecule is CCCCC[C@@H](CN(O)C=O)C(=O)NNc1ccn(Cc2cccc(C(F)(F)F)c2)c(=O)c1. The zero-order valence-electron chi connectivity index (χ0n) is 18.1. The molecule has 11 heteroatoms. The standard InChI is InChI=1S/C22H27F3N4O4/c1-2-3-4-7-17(14-29(33)15-30)21(32)27-26-19-9-10-28(20(31)12-19)13-16-6-5-8-18(11-16)22(23,24)25/h5-6,8-12,15,17,26,33H,2-4,7,13-14H2,1H3,(H,27,32)/t17-/m0/s1. The molecular weight excluding hydrogens is 441 g/mol. The summed E-state index contributed by atoms with van der Waals surface area (Å²) in [5, 5.41) is 9.84. The van der Waals surface area contributed by atoms with Crippen LogP contribution in [-0.2, 0) is 22.3 Å². The van der Waals surface area contributed by atoms with Crippen molar-refractivity contribution in [3.05, 3.63) is 64.1 Å². The zero-order valence-corrected chi connectivity index (χ0v) is 18.1. The van der Waals surface area contributed by atoms with Crippen molar-refractivity contribution in [3.8, 4) is 0 Å². The van der Waals surface area contributed by atoms with Gasteiger partial charge in [0.2, 0.25) is 12.3 Å². The van der Waals surface area contributed by atoms with E-state index in [4.69, 9.17) is 0 Å². The third kappa shape index (κ3) is 8.26. The molecule has 0 unspecified atom stereocenters. The highest BCUT2D eigenvalue weighted by Crippen LogP contribution is 2.29. The number of hydrogen-bond acceptors (Lipinski definition) is 5. The highest BCUT2D eigenvalue weighted by molar-refractivity contribution is 5.80. The molecule has 1 aromatic heterocycles. The number of amides is 2. The number of rotatable bonds is 12. The number of anilines is 1. The molecule has 1 atom stereocenters. The number of halogens is 3. The van der Waals surface area contributed by atoms with Crippen LogP contribution < -0.4 is 16.4 Å². The number of carbonyl (C=O) groups excluding carboxylic acids is 2. The molecule has 0 aliphatic carbocycles. The lowest BCUT2D eigenvalue weighted by molar-refractivity contribution is -0.154. The van der Waals surface area contributed by atoms with Gasteiger partial charge < -0.3 is 4.57 Å². The van der Waals surface area contributed by atoms with Crippen LogP contribution in [0.5, 0.6) is 0 Å². The molecule has 2 rings (SSSR count). The predicted molar refractivity (Wildman–Crippen MR) is 115 cm³/mol. The van der Waals surface area contributed by atoms with Crippen molar-refractivity contribution < 1.29 is 28.0 Å². The fourth-order valence-corrected chi connectivity index (χ4v) is 3.21. The summed E-state index contributed by atoms with van der Waals surface area (Å²) in [6.45, 7) is 1.79. The Hall–Kier alpha value is -3.34. The van der Waals surface area contributed by atoms with Gasteiger partial charge in [-0.3, -0.25) is 30.4 Å². The summed E-state index contributed by atoms with van der Waals surface area (Å²) >= 11 is 0. The van der Waals surface area contributed by atoms with Gasteiger partial charge in [-0.05, 0) is 30.2 Å². The maximum absolute atomic E-state index is 12.9. The predicted octanol–water partition coefficient (Wildman–Crippen LogP) is 3.40. The topological polar surface area (TPSA) is 104 Å². The Bertz CT molecular complexity index is 994. The Labute approximate surface area is 188 Å². The van der Waals surface area contributed by atoms with Gasteiger partial charge in [0.05, 0.1) is 30.3 Å². The third-order valence-electron chi connectivity index (χ3n) is 4.99. The number of nitrogens with one attached hydrogen (secondary N) is 2. The maximum atomic E-state index is 12.9. The Morgan fingerprint density at radius 1 is 1.24 bits per heavy atom. The van der Waals surface area contributed by atoms with Crippen LogP contribution in [0.2, 0.25) is 0 Å². The first-order valence-corrected chi connectivity index (χ1v) is 10.5.